The van der Waals surface area contributed by atoms with Crippen LogP contribution in [-0.4, -0.2) is 73.4 Å². The molecular formula is C49H88N2O6P+. The summed E-state index contributed by atoms with van der Waals surface area (Å²) in [5.74, 6) is -0.200. The second kappa shape index (κ2) is 40.1. The van der Waals surface area contributed by atoms with Crippen molar-refractivity contribution in [2.24, 2.45) is 0 Å². The Morgan fingerprint density at radius 1 is 0.603 bits per heavy atom. The Hall–Kier alpha value is -2.32. The highest BCUT2D eigenvalue weighted by atomic mass is 31.2. The number of aliphatic hydroxyl groups excluding tert-OH is 1. The summed E-state index contributed by atoms with van der Waals surface area (Å²) >= 11 is 0. The van der Waals surface area contributed by atoms with E-state index in [0.717, 1.165) is 77.0 Å². The monoisotopic (exact) mass is 832 g/mol. The van der Waals surface area contributed by atoms with Crippen LogP contribution in [0.2, 0.25) is 0 Å². The van der Waals surface area contributed by atoms with Crippen molar-refractivity contribution in [2.75, 3.05) is 40.9 Å². The summed E-state index contributed by atoms with van der Waals surface area (Å²) in [5, 5.41) is 13.8. The number of likely N-dealkylation sites (N-methyl/N-ethyl adjacent to an activating group) is 1. The maximum atomic E-state index is 12.9. The molecule has 3 atom stereocenters. The fraction of sp³-hybridized carbons (Fsp3) is 0.694. The maximum Gasteiger partial charge on any atom is 0.472 e. The fourth-order valence-corrected chi connectivity index (χ4v) is 6.69. The summed E-state index contributed by atoms with van der Waals surface area (Å²) in [6.45, 7) is 4.57. The number of aliphatic hydroxyl groups is 1. The molecule has 0 bridgehead atoms. The zero-order valence-electron chi connectivity index (χ0n) is 37.8. The van der Waals surface area contributed by atoms with Crippen LogP contribution >= 0.6 is 7.82 Å². The van der Waals surface area contributed by atoms with Gasteiger partial charge >= 0.3 is 7.82 Å². The molecule has 0 heterocycles. The normalized spacial score (nSPS) is 15.1. The first-order valence-corrected chi connectivity index (χ1v) is 24.5. The van der Waals surface area contributed by atoms with E-state index < -0.39 is 20.0 Å². The molecule has 9 heteroatoms. The summed E-state index contributed by atoms with van der Waals surface area (Å²) < 4.78 is 23.5. The molecule has 0 aromatic heterocycles. The number of carbonyl (C=O) groups is 1. The number of allylic oxidation sites excluding steroid dienone is 13. The van der Waals surface area contributed by atoms with Crippen molar-refractivity contribution in [3.8, 4) is 0 Å². The summed E-state index contributed by atoms with van der Waals surface area (Å²) in [7, 11) is 1.53. The average Bonchev–Trinajstić information content (AvgIpc) is 3.17. The van der Waals surface area contributed by atoms with Gasteiger partial charge in [0.2, 0.25) is 5.91 Å². The van der Waals surface area contributed by atoms with Gasteiger partial charge in [0.05, 0.1) is 39.9 Å². The smallest absolute Gasteiger partial charge is 0.387 e. The minimum absolute atomic E-state index is 0.0491. The zero-order chi connectivity index (χ0) is 42.8. The Kier molecular flexibility index (Phi) is 38.5. The number of phosphoric acid groups is 1. The van der Waals surface area contributed by atoms with E-state index in [-0.39, 0.29) is 19.1 Å². The summed E-state index contributed by atoms with van der Waals surface area (Å²) in [6.07, 6.45) is 55.3. The van der Waals surface area contributed by atoms with E-state index >= 15 is 0 Å². The molecule has 0 saturated carbocycles. The van der Waals surface area contributed by atoms with E-state index in [1.165, 1.54) is 70.6 Å². The van der Waals surface area contributed by atoms with Crippen LogP contribution in [0.15, 0.2) is 85.1 Å². The SMILES string of the molecule is CC/C=C\C/C=C\C/C=C\C/C=C\CCCCCCCCCCCCCCC(=O)NC(COP(=O)(O)OCC[N+](C)(C)C)C(O)/C=C/CC/C=C/CC/C=C/CCC. The van der Waals surface area contributed by atoms with Gasteiger partial charge in [-0.1, -0.05) is 170 Å². The number of quaternary nitrogens is 1. The van der Waals surface area contributed by atoms with E-state index in [1.54, 1.807) is 6.08 Å². The number of carbonyl (C=O) groups excluding carboxylic acids is 1. The van der Waals surface area contributed by atoms with Crippen LogP contribution in [0.4, 0.5) is 0 Å². The second-order valence-electron chi connectivity index (χ2n) is 16.4. The molecule has 0 aliphatic carbocycles. The number of nitrogens with one attached hydrogen (secondary N) is 1. The molecule has 334 valence electrons. The topological polar surface area (TPSA) is 105 Å². The zero-order valence-corrected chi connectivity index (χ0v) is 38.6. The van der Waals surface area contributed by atoms with Crippen molar-refractivity contribution in [3.05, 3.63) is 85.1 Å². The van der Waals surface area contributed by atoms with Crippen LogP contribution < -0.4 is 5.32 Å². The lowest BCUT2D eigenvalue weighted by molar-refractivity contribution is -0.870. The standard InChI is InChI=1S/C49H87N2O6P/c1-6-8-10-12-14-16-18-19-20-21-22-23-24-25-26-27-28-29-30-31-33-35-37-39-41-43-49(53)50-47(46-57-58(54,55)56-45-44-51(3,4)5)48(52)42-40-38-36-34-32-17-15-13-11-9-7-2/h8,10-11,13-14,16,19-20,22-23,32,34,40,42,47-48,52H,6-7,9,12,15,17-18,21,24-31,33,35-39,41,43-46H2,1-5H3,(H-,50,53,54,55)/p+1/b10-8-,13-11+,16-14-,20-19-,23-22-,34-32+,42-40+. The average molecular weight is 832 g/mol. The molecule has 0 aromatic rings. The van der Waals surface area contributed by atoms with E-state index in [2.05, 4.69) is 92.1 Å². The third kappa shape index (κ3) is 41.8. The van der Waals surface area contributed by atoms with E-state index in [9.17, 15) is 19.4 Å². The highest BCUT2D eigenvalue weighted by Gasteiger charge is 2.27. The van der Waals surface area contributed by atoms with Gasteiger partial charge in [0.1, 0.15) is 13.2 Å². The molecule has 1 amide bonds. The predicted octanol–water partition coefficient (Wildman–Crippen LogP) is 13.0. The molecular weight excluding hydrogens is 744 g/mol. The van der Waals surface area contributed by atoms with Gasteiger partial charge in [0.25, 0.3) is 0 Å². The van der Waals surface area contributed by atoms with Crippen LogP contribution in [0.1, 0.15) is 168 Å². The van der Waals surface area contributed by atoms with Crippen molar-refractivity contribution in [1.82, 2.24) is 5.32 Å². The van der Waals surface area contributed by atoms with E-state index in [0.29, 0.717) is 17.4 Å². The van der Waals surface area contributed by atoms with Gasteiger partial charge in [-0.25, -0.2) is 4.57 Å². The number of unbranched alkanes of at least 4 members (excludes halogenated alkanes) is 15. The maximum absolute atomic E-state index is 12.9. The second-order valence-corrected chi connectivity index (χ2v) is 17.8. The molecule has 0 radical (unpaired) electrons. The molecule has 8 nitrogen and oxygen atoms in total. The Bertz CT molecular complexity index is 1220. The highest BCUT2D eigenvalue weighted by Crippen LogP contribution is 2.43. The molecule has 58 heavy (non-hydrogen) atoms. The number of phosphoric ester groups is 1. The number of rotatable bonds is 40. The molecule has 0 saturated heterocycles. The Morgan fingerprint density at radius 2 is 1.05 bits per heavy atom. The number of hydrogen-bond acceptors (Lipinski definition) is 5. The highest BCUT2D eigenvalue weighted by molar-refractivity contribution is 7.47. The molecule has 3 unspecified atom stereocenters. The predicted molar refractivity (Wildman–Crippen MR) is 249 cm³/mol. The number of hydrogen-bond donors (Lipinski definition) is 3. The summed E-state index contributed by atoms with van der Waals surface area (Å²) in [6, 6.07) is -0.873. The molecule has 0 rings (SSSR count). The van der Waals surface area contributed by atoms with Gasteiger partial charge in [-0.3, -0.25) is 13.8 Å². The number of nitrogens with zero attached hydrogens (tertiary/aromatic N) is 1. The lowest BCUT2D eigenvalue weighted by Crippen LogP contribution is -2.45. The molecule has 3 N–H and O–H groups in total. The Morgan fingerprint density at radius 3 is 1.57 bits per heavy atom. The first kappa shape index (κ1) is 55.7. The van der Waals surface area contributed by atoms with Crippen molar-refractivity contribution >= 4 is 13.7 Å². The molecule has 0 aliphatic rings. The minimum Gasteiger partial charge on any atom is -0.387 e. The largest absolute Gasteiger partial charge is 0.472 e. The fourth-order valence-electron chi connectivity index (χ4n) is 5.95. The molecule has 0 spiro atoms. The molecule has 0 fully saturated rings. The van der Waals surface area contributed by atoms with E-state index in [4.69, 9.17) is 9.05 Å². The minimum atomic E-state index is -4.35. The molecule has 0 aliphatic heterocycles. The summed E-state index contributed by atoms with van der Waals surface area (Å²) in [5.41, 5.74) is 0. The van der Waals surface area contributed by atoms with Crippen LogP contribution in [0.5, 0.6) is 0 Å². The van der Waals surface area contributed by atoms with Crippen molar-refractivity contribution in [1.29, 1.82) is 0 Å². The molecule has 0 aromatic carbocycles. The lowest BCUT2D eigenvalue weighted by atomic mass is 10.0. The lowest BCUT2D eigenvalue weighted by Gasteiger charge is -2.25. The van der Waals surface area contributed by atoms with Crippen LogP contribution in [0.3, 0.4) is 0 Å². The third-order valence-electron chi connectivity index (χ3n) is 9.56. The van der Waals surface area contributed by atoms with Crippen LogP contribution in [-0.2, 0) is 18.4 Å². The van der Waals surface area contributed by atoms with Gasteiger partial charge in [0, 0.05) is 6.42 Å². The summed E-state index contributed by atoms with van der Waals surface area (Å²) in [4.78, 5) is 23.1. The number of amides is 1. The van der Waals surface area contributed by atoms with Crippen molar-refractivity contribution in [2.45, 2.75) is 180 Å². The van der Waals surface area contributed by atoms with Gasteiger partial charge in [-0.2, -0.15) is 0 Å². The van der Waals surface area contributed by atoms with Crippen LogP contribution in [0, 0.1) is 0 Å². The first-order chi connectivity index (χ1) is 28.0. The Labute approximate surface area is 356 Å². The van der Waals surface area contributed by atoms with Crippen molar-refractivity contribution in [3.63, 3.8) is 0 Å². The van der Waals surface area contributed by atoms with Gasteiger partial charge in [-0.05, 0) is 77.0 Å². The van der Waals surface area contributed by atoms with Gasteiger partial charge in [0.15, 0.2) is 0 Å². The first-order valence-electron chi connectivity index (χ1n) is 23.0. The quantitative estimate of drug-likeness (QED) is 0.0246. The van der Waals surface area contributed by atoms with Gasteiger partial charge in [-0.15, -0.1) is 0 Å². The van der Waals surface area contributed by atoms with Crippen molar-refractivity contribution < 1.29 is 32.9 Å². The van der Waals surface area contributed by atoms with Crippen LogP contribution in [0.25, 0.3) is 0 Å². The van der Waals surface area contributed by atoms with Gasteiger partial charge < -0.3 is 19.8 Å². The van der Waals surface area contributed by atoms with E-state index in [1.807, 2.05) is 27.2 Å². The Balaban J connectivity index is 4.28. The third-order valence-corrected chi connectivity index (χ3v) is 10.5.